The molecule has 0 saturated carbocycles. The first-order valence-electron chi connectivity index (χ1n) is 2.45. The van der Waals surface area contributed by atoms with Gasteiger partial charge in [0.1, 0.15) is 0 Å². The molecule has 0 bridgehead atoms. The van der Waals surface area contributed by atoms with Crippen LogP contribution >= 0.6 is 37.8 Å². The van der Waals surface area contributed by atoms with Crippen LogP contribution in [0.1, 0.15) is 6.42 Å². The first-order valence-corrected chi connectivity index (χ1v) is 3.66. The molecule has 0 spiro atoms. The second kappa shape index (κ2) is 3.07. The predicted molar refractivity (Wildman–Crippen MR) is 46.9 cm³/mol. The largest absolute Gasteiger partial charge is 0.289 e. The highest BCUT2D eigenvalue weighted by Gasteiger charge is 2.15. The highest BCUT2D eigenvalue weighted by molar-refractivity contribution is 7.81. The van der Waals surface area contributed by atoms with Crippen LogP contribution in [0.5, 0.6) is 0 Å². The molecule has 1 saturated heterocycles. The van der Waals surface area contributed by atoms with Crippen molar-refractivity contribution in [3.05, 3.63) is 0 Å². The molecule has 9 heavy (non-hydrogen) atoms. The van der Waals surface area contributed by atoms with E-state index in [1.807, 2.05) is 0 Å². The van der Waals surface area contributed by atoms with Gasteiger partial charge in [-0.25, -0.2) is 0 Å². The summed E-state index contributed by atoms with van der Waals surface area (Å²) >= 11 is 12.9. The minimum atomic E-state index is 0.801. The van der Waals surface area contributed by atoms with E-state index in [1.165, 1.54) is 4.52 Å². The number of thiocarbonyl (C=S) groups is 1. The van der Waals surface area contributed by atoms with Crippen molar-refractivity contribution in [1.29, 1.82) is 0 Å². The van der Waals surface area contributed by atoms with Crippen LogP contribution in [0.2, 0.25) is 0 Å². The van der Waals surface area contributed by atoms with E-state index < -0.39 is 0 Å². The second-order valence-corrected chi connectivity index (χ2v) is 3.00. The number of hydrogen-bond acceptors (Lipinski definition) is 5. The van der Waals surface area contributed by atoms with Gasteiger partial charge in [-0.2, -0.15) is 4.41 Å². The summed E-state index contributed by atoms with van der Waals surface area (Å²) in [6.45, 7) is 0.804. The Bertz CT molecular complexity index is 127. The summed E-state index contributed by atoms with van der Waals surface area (Å²) in [4.78, 5) is 0.801. The van der Waals surface area contributed by atoms with Gasteiger partial charge in [-0.05, 0) is 0 Å². The number of hydrogen-bond donors (Lipinski definition) is 3. The average Bonchev–Trinajstić information content (AvgIpc) is 1.80. The zero-order valence-corrected chi connectivity index (χ0v) is 7.22. The third kappa shape index (κ3) is 1.98. The van der Waals surface area contributed by atoms with Crippen LogP contribution in [0.3, 0.4) is 0 Å². The van der Waals surface area contributed by atoms with Gasteiger partial charge in [0.05, 0.1) is 4.99 Å². The molecule has 6 heteroatoms. The first-order chi connectivity index (χ1) is 4.20. The number of rotatable bonds is 0. The van der Waals surface area contributed by atoms with Gasteiger partial charge in [-0.1, -0.05) is 42.4 Å². The number of nitrogens with zero attached hydrogens (tertiary/aromatic N) is 2. The van der Waals surface area contributed by atoms with Crippen molar-refractivity contribution in [3.8, 4) is 0 Å². The fraction of sp³-hybridized carbons (Fsp3) is 0.667. The van der Waals surface area contributed by atoms with Crippen LogP contribution in [0.15, 0.2) is 0 Å². The zero-order valence-electron chi connectivity index (χ0n) is 4.61. The van der Waals surface area contributed by atoms with E-state index in [4.69, 9.17) is 12.2 Å². The number of nitrogens with one attached hydrogen (secondary N) is 1. The van der Waals surface area contributed by atoms with E-state index in [0.29, 0.717) is 0 Å². The average molecular weight is 181 g/mol. The molecule has 0 atom stereocenters. The summed E-state index contributed by atoms with van der Waals surface area (Å²) in [7, 11) is 0. The molecule has 1 aliphatic heterocycles. The van der Waals surface area contributed by atoms with Crippen molar-refractivity contribution in [1.82, 2.24) is 14.4 Å². The minimum Gasteiger partial charge on any atom is -0.289 e. The fourth-order valence-electron chi connectivity index (χ4n) is 0.521. The summed E-state index contributed by atoms with van der Waals surface area (Å²) in [5, 5.41) is 0. The highest BCUT2D eigenvalue weighted by atomic mass is 32.1. The topological polar surface area (TPSA) is 18.5 Å². The standard InChI is InChI=1S/C3H7N3S3/c7-3-1-2-5(8)6(9)4-3/h8-9H,1-2H2,(H,4,7). The van der Waals surface area contributed by atoms with Crippen LogP contribution in [0.4, 0.5) is 0 Å². The lowest BCUT2D eigenvalue weighted by Gasteiger charge is -2.31. The smallest absolute Gasteiger partial charge is 0.0930 e. The van der Waals surface area contributed by atoms with Crippen LogP contribution in [-0.4, -0.2) is 20.5 Å². The van der Waals surface area contributed by atoms with Gasteiger partial charge in [0.25, 0.3) is 0 Å². The molecule has 52 valence electrons. The lowest BCUT2D eigenvalue weighted by atomic mass is 10.4. The molecule has 0 aromatic rings. The molecule has 1 fully saturated rings. The molecule has 0 aliphatic carbocycles. The Morgan fingerprint density at radius 2 is 2.22 bits per heavy atom. The van der Waals surface area contributed by atoms with Gasteiger partial charge in [-0.15, -0.1) is 0 Å². The quantitative estimate of drug-likeness (QED) is 0.372. The molecule has 0 radical (unpaired) electrons. The Labute approximate surface area is 70.4 Å². The van der Waals surface area contributed by atoms with E-state index in [-0.39, 0.29) is 0 Å². The van der Waals surface area contributed by atoms with E-state index in [2.05, 4.69) is 31.1 Å². The van der Waals surface area contributed by atoms with E-state index in [0.717, 1.165) is 18.0 Å². The highest BCUT2D eigenvalue weighted by Crippen LogP contribution is 2.08. The molecular weight excluding hydrogens is 174 g/mol. The third-order valence-corrected chi connectivity index (χ3v) is 2.11. The molecule has 1 heterocycles. The Hall–Kier alpha value is 0.510. The van der Waals surface area contributed by atoms with Gasteiger partial charge < -0.3 is 0 Å². The van der Waals surface area contributed by atoms with Crippen molar-refractivity contribution < 1.29 is 0 Å². The molecule has 3 nitrogen and oxygen atoms in total. The summed E-state index contributed by atoms with van der Waals surface area (Å²) < 4.78 is 3.09. The van der Waals surface area contributed by atoms with Crippen LogP contribution in [0, 0.1) is 0 Å². The van der Waals surface area contributed by atoms with E-state index in [1.54, 1.807) is 4.41 Å². The van der Waals surface area contributed by atoms with Gasteiger partial charge in [0, 0.05) is 13.0 Å². The van der Waals surface area contributed by atoms with Gasteiger partial charge >= 0.3 is 0 Å². The predicted octanol–water partition coefficient (Wildman–Crippen LogP) is 0.431. The number of hydrazine groups is 2. The van der Waals surface area contributed by atoms with Crippen LogP contribution < -0.4 is 5.43 Å². The van der Waals surface area contributed by atoms with Crippen LogP contribution in [-0.2, 0) is 0 Å². The lowest BCUT2D eigenvalue weighted by molar-refractivity contribution is 0.161. The molecular formula is C3H7N3S3. The molecule has 1 rings (SSSR count). The summed E-state index contributed by atoms with van der Waals surface area (Å²) in [5.74, 6) is 0. The third-order valence-electron chi connectivity index (χ3n) is 0.982. The lowest BCUT2D eigenvalue weighted by Crippen LogP contribution is -2.48. The van der Waals surface area contributed by atoms with Crippen molar-refractivity contribution in [3.63, 3.8) is 0 Å². The van der Waals surface area contributed by atoms with Crippen molar-refractivity contribution in [2.75, 3.05) is 6.54 Å². The van der Waals surface area contributed by atoms with Crippen molar-refractivity contribution >= 4 is 42.8 Å². The molecule has 0 amide bonds. The normalized spacial score (nSPS) is 24.0. The maximum atomic E-state index is 4.87. The molecule has 1 aliphatic rings. The summed E-state index contributed by atoms with van der Waals surface area (Å²) in [6.07, 6.45) is 0.843. The second-order valence-electron chi connectivity index (χ2n) is 1.67. The SMILES string of the molecule is S=C1CCN(S)N(S)N1. The fourth-order valence-corrected chi connectivity index (χ4v) is 1.12. The molecule has 1 N–H and O–H groups in total. The van der Waals surface area contributed by atoms with Gasteiger partial charge in [0.15, 0.2) is 0 Å². The van der Waals surface area contributed by atoms with E-state index >= 15 is 0 Å². The Balaban J connectivity index is 2.44. The molecule has 0 unspecified atom stereocenters. The Morgan fingerprint density at radius 3 is 2.67 bits per heavy atom. The van der Waals surface area contributed by atoms with Crippen LogP contribution in [0.25, 0.3) is 0 Å². The van der Waals surface area contributed by atoms with Crippen molar-refractivity contribution in [2.45, 2.75) is 6.42 Å². The molecule has 0 aromatic carbocycles. The number of thiol groups is 2. The summed E-state index contributed by atoms with van der Waals surface area (Å²) in [5.41, 5.74) is 2.81. The van der Waals surface area contributed by atoms with E-state index in [9.17, 15) is 0 Å². The first kappa shape index (κ1) is 7.62. The Kier molecular flexibility index (Phi) is 2.59. The monoisotopic (exact) mass is 181 g/mol. The maximum Gasteiger partial charge on any atom is 0.0930 e. The maximum absolute atomic E-state index is 4.87. The van der Waals surface area contributed by atoms with Crippen molar-refractivity contribution in [2.24, 2.45) is 0 Å². The zero-order chi connectivity index (χ0) is 6.85. The summed E-state index contributed by atoms with van der Waals surface area (Å²) in [6, 6.07) is 0. The van der Waals surface area contributed by atoms with Gasteiger partial charge in [-0.3, -0.25) is 5.43 Å². The Morgan fingerprint density at radius 1 is 1.56 bits per heavy atom. The van der Waals surface area contributed by atoms with Gasteiger partial charge in [0.2, 0.25) is 0 Å². The molecule has 0 aromatic heterocycles. The minimum absolute atomic E-state index is 0.801.